The standard InChI is InChI=1S/C11H13ClN6O/c1-7-9(2-3-10(12)14-7)15-11(19)6-18-5-8(4-13)16-17-18/h2-3,5H,4,6,13H2,1H3,(H,15,19). The largest absolute Gasteiger partial charge is 0.325 e. The van der Waals surface area contributed by atoms with Gasteiger partial charge in [0.05, 0.1) is 23.3 Å². The molecule has 7 nitrogen and oxygen atoms in total. The van der Waals surface area contributed by atoms with Gasteiger partial charge in [-0.25, -0.2) is 9.67 Å². The zero-order chi connectivity index (χ0) is 13.8. The molecule has 8 heteroatoms. The summed E-state index contributed by atoms with van der Waals surface area (Å²) in [5, 5.41) is 10.7. The summed E-state index contributed by atoms with van der Waals surface area (Å²) in [6, 6.07) is 3.32. The Kier molecular flexibility index (Phi) is 4.08. The average Bonchev–Trinajstić information content (AvgIpc) is 2.80. The monoisotopic (exact) mass is 280 g/mol. The molecule has 0 aliphatic rings. The first-order chi connectivity index (χ1) is 9.08. The third-order valence-electron chi connectivity index (χ3n) is 2.43. The summed E-state index contributed by atoms with van der Waals surface area (Å²) < 4.78 is 1.43. The van der Waals surface area contributed by atoms with Crippen LogP contribution in [0.15, 0.2) is 18.3 Å². The van der Waals surface area contributed by atoms with E-state index in [1.54, 1.807) is 25.3 Å². The van der Waals surface area contributed by atoms with Crippen LogP contribution in [-0.4, -0.2) is 25.9 Å². The number of hydrogen-bond donors (Lipinski definition) is 2. The van der Waals surface area contributed by atoms with Crippen molar-refractivity contribution >= 4 is 23.2 Å². The Bertz CT molecular complexity index is 597. The molecule has 0 fully saturated rings. The summed E-state index contributed by atoms with van der Waals surface area (Å²) in [6.45, 7) is 2.13. The van der Waals surface area contributed by atoms with Crippen molar-refractivity contribution in [2.45, 2.75) is 20.0 Å². The fraction of sp³-hybridized carbons (Fsp3) is 0.273. The highest BCUT2D eigenvalue weighted by atomic mass is 35.5. The first-order valence-electron chi connectivity index (χ1n) is 5.60. The van der Waals surface area contributed by atoms with Gasteiger partial charge in [-0.15, -0.1) is 5.10 Å². The summed E-state index contributed by atoms with van der Waals surface area (Å²) in [7, 11) is 0. The second-order valence-corrected chi connectivity index (χ2v) is 4.31. The second kappa shape index (κ2) is 5.77. The van der Waals surface area contributed by atoms with Gasteiger partial charge >= 0.3 is 0 Å². The molecule has 0 unspecified atom stereocenters. The molecule has 2 aromatic heterocycles. The van der Waals surface area contributed by atoms with Crippen LogP contribution in [0, 0.1) is 6.92 Å². The SMILES string of the molecule is Cc1nc(Cl)ccc1NC(=O)Cn1cc(CN)nn1. The van der Waals surface area contributed by atoms with Gasteiger partial charge in [-0.3, -0.25) is 4.79 Å². The predicted octanol–water partition coefficient (Wildman–Crippen LogP) is 0.732. The van der Waals surface area contributed by atoms with Crippen LogP contribution in [0.5, 0.6) is 0 Å². The molecule has 0 aliphatic carbocycles. The Morgan fingerprint density at radius 2 is 2.32 bits per heavy atom. The number of nitrogens with one attached hydrogen (secondary N) is 1. The van der Waals surface area contributed by atoms with Gasteiger partial charge in [-0.05, 0) is 19.1 Å². The molecule has 0 atom stereocenters. The quantitative estimate of drug-likeness (QED) is 0.805. The normalized spacial score (nSPS) is 10.5. The van der Waals surface area contributed by atoms with E-state index >= 15 is 0 Å². The lowest BCUT2D eigenvalue weighted by atomic mass is 10.3. The van der Waals surface area contributed by atoms with E-state index < -0.39 is 0 Å². The van der Waals surface area contributed by atoms with E-state index in [1.165, 1.54) is 4.68 Å². The van der Waals surface area contributed by atoms with Gasteiger partial charge in [0.2, 0.25) is 5.91 Å². The number of anilines is 1. The van der Waals surface area contributed by atoms with Crippen LogP contribution in [-0.2, 0) is 17.9 Å². The van der Waals surface area contributed by atoms with Gasteiger partial charge in [-0.2, -0.15) is 0 Å². The van der Waals surface area contributed by atoms with Crippen molar-refractivity contribution in [1.82, 2.24) is 20.0 Å². The Morgan fingerprint density at radius 1 is 1.53 bits per heavy atom. The zero-order valence-electron chi connectivity index (χ0n) is 10.3. The maximum absolute atomic E-state index is 11.8. The highest BCUT2D eigenvalue weighted by Crippen LogP contribution is 2.15. The van der Waals surface area contributed by atoms with Gasteiger partial charge in [0, 0.05) is 6.54 Å². The fourth-order valence-electron chi connectivity index (χ4n) is 1.51. The number of hydrogen-bond acceptors (Lipinski definition) is 5. The minimum absolute atomic E-state index is 0.0646. The van der Waals surface area contributed by atoms with Crippen LogP contribution in [0.3, 0.4) is 0 Å². The molecule has 1 amide bonds. The number of nitrogens with zero attached hydrogens (tertiary/aromatic N) is 4. The summed E-state index contributed by atoms with van der Waals surface area (Å²) in [6.07, 6.45) is 1.63. The molecule has 0 bridgehead atoms. The van der Waals surface area contributed by atoms with E-state index in [0.29, 0.717) is 28.8 Å². The average molecular weight is 281 g/mol. The van der Waals surface area contributed by atoms with Gasteiger partial charge < -0.3 is 11.1 Å². The molecule has 19 heavy (non-hydrogen) atoms. The van der Waals surface area contributed by atoms with E-state index in [9.17, 15) is 4.79 Å². The first-order valence-corrected chi connectivity index (χ1v) is 5.98. The topological polar surface area (TPSA) is 98.7 Å². The molecule has 0 saturated carbocycles. The molecule has 2 rings (SSSR count). The first kappa shape index (κ1) is 13.4. The molecular weight excluding hydrogens is 268 g/mol. The Hall–Kier alpha value is -1.99. The van der Waals surface area contributed by atoms with Gasteiger partial charge in [0.15, 0.2) is 0 Å². The number of amides is 1. The minimum Gasteiger partial charge on any atom is -0.325 e. The van der Waals surface area contributed by atoms with Gasteiger partial charge in [-0.1, -0.05) is 16.8 Å². The number of aryl methyl sites for hydroxylation is 1. The van der Waals surface area contributed by atoms with Crippen LogP contribution in [0.1, 0.15) is 11.4 Å². The number of rotatable bonds is 4. The van der Waals surface area contributed by atoms with Crippen LogP contribution >= 0.6 is 11.6 Å². The van der Waals surface area contributed by atoms with Crippen molar-refractivity contribution in [2.24, 2.45) is 5.73 Å². The predicted molar refractivity (Wildman–Crippen MR) is 70.5 cm³/mol. The van der Waals surface area contributed by atoms with Crippen LogP contribution in [0.4, 0.5) is 5.69 Å². The van der Waals surface area contributed by atoms with Crippen molar-refractivity contribution in [1.29, 1.82) is 0 Å². The van der Waals surface area contributed by atoms with Crippen molar-refractivity contribution in [3.05, 3.63) is 34.9 Å². The lowest BCUT2D eigenvalue weighted by molar-refractivity contribution is -0.116. The van der Waals surface area contributed by atoms with Gasteiger partial charge in [0.25, 0.3) is 0 Å². The molecule has 0 aromatic carbocycles. The van der Waals surface area contributed by atoms with Gasteiger partial charge in [0.1, 0.15) is 11.7 Å². The summed E-state index contributed by atoms with van der Waals surface area (Å²) in [5.74, 6) is -0.222. The number of pyridine rings is 1. The smallest absolute Gasteiger partial charge is 0.246 e. The molecular formula is C11H13ClN6O. The van der Waals surface area contributed by atoms with Crippen LogP contribution in [0.25, 0.3) is 0 Å². The molecule has 0 spiro atoms. The summed E-state index contributed by atoms with van der Waals surface area (Å²) >= 11 is 5.74. The Morgan fingerprint density at radius 3 is 2.95 bits per heavy atom. The van der Waals surface area contributed by atoms with Crippen molar-refractivity contribution in [3.63, 3.8) is 0 Å². The van der Waals surface area contributed by atoms with Crippen molar-refractivity contribution < 1.29 is 4.79 Å². The number of carbonyl (C=O) groups is 1. The van der Waals surface area contributed by atoms with E-state index in [1.807, 2.05) is 0 Å². The molecule has 3 N–H and O–H groups in total. The zero-order valence-corrected chi connectivity index (χ0v) is 11.1. The molecule has 0 aliphatic heterocycles. The van der Waals surface area contributed by atoms with E-state index in [2.05, 4.69) is 20.6 Å². The number of aromatic nitrogens is 4. The maximum Gasteiger partial charge on any atom is 0.246 e. The molecule has 2 heterocycles. The highest BCUT2D eigenvalue weighted by molar-refractivity contribution is 6.29. The van der Waals surface area contributed by atoms with Crippen LogP contribution in [0.2, 0.25) is 5.15 Å². The third kappa shape index (κ3) is 3.49. The lowest BCUT2D eigenvalue weighted by Crippen LogP contribution is -2.19. The van der Waals surface area contributed by atoms with E-state index in [4.69, 9.17) is 17.3 Å². The summed E-state index contributed by atoms with van der Waals surface area (Å²) in [4.78, 5) is 15.9. The summed E-state index contributed by atoms with van der Waals surface area (Å²) in [5.41, 5.74) is 7.32. The number of carbonyl (C=O) groups excluding carboxylic acids is 1. The number of nitrogens with two attached hydrogens (primary N) is 1. The Labute approximate surface area is 114 Å². The second-order valence-electron chi connectivity index (χ2n) is 3.93. The number of halogens is 1. The van der Waals surface area contributed by atoms with E-state index in [-0.39, 0.29) is 12.5 Å². The van der Waals surface area contributed by atoms with Crippen molar-refractivity contribution in [3.8, 4) is 0 Å². The Balaban J connectivity index is 2.01. The third-order valence-corrected chi connectivity index (χ3v) is 2.64. The van der Waals surface area contributed by atoms with Crippen molar-refractivity contribution in [2.75, 3.05) is 5.32 Å². The van der Waals surface area contributed by atoms with E-state index in [0.717, 1.165) is 0 Å². The molecule has 0 radical (unpaired) electrons. The fourth-order valence-corrected chi connectivity index (χ4v) is 1.70. The molecule has 100 valence electrons. The molecule has 0 saturated heterocycles. The molecule has 2 aromatic rings. The maximum atomic E-state index is 11.8. The minimum atomic E-state index is -0.222. The lowest BCUT2D eigenvalue weighted by Gasteiger charge is -2.07. The highest BCUT2D eigenvalue weighted by Gasteiger charge is 2.08. The van der Waals surface area contributed by atoms with Crippen LogP contribution < -0.4 is 11.1 Å².